The summed E-state index contributed by atoms with van der Waals surface area (Å²) in [5.74, 6) is -0.140. The van der Waals surface area contributed by atoms with Crippen LogP contribution in [0, 0.1) is 0 Å². The minimum atomic E-state index is -3.30. The summed E-state index contributed by atoms with van der Waals surface area (Å²) in [5, 5.41) is 4.00. The van der Waals surface area contributed by atoms with Gasteiger partial charge in [-0.05, 0) is 26.2 Å². The largest absolute Gasteiger partial charge is 0.298 e. The number of nitrogens with zero attached hydrogens (tertiary/aromatic N) is 2. The summed E-state index contributed by atoms with van der Waals surface area (Å²) in [7, 11) is -3.30. The molecule has 1 aliphatic rings. The van der Waals surface area contributed by atoms with Crippen molar-refractivity contribution in [3.63, 3.8) is 0 Å². The maximum Gasteiger partial charge on any atom is 0.160 e. The van der Waals surface area contributed by atoms with Gasteiger partial charge in [-0.1, -0.05) is 24.9 Å². The van der Waals surface area contributed by atoms with Gasteiger partial charge in [-0.2, -0.15) is 5.10 Å². The van der Waals surface area contributed by atoms with Gasteiger partial charge in [0, 0.05) is 6.54 Å². The van der Waals surface area contributed by atoms with E-state index in [4.69, 9.17) is 11.6 Å². The van der Waals surface area contributed by atoms with Crippen molar-refractivity contribution >= 4 is 27.2 Å². The van der Waals surface area contributed by atoms with Crippen LogP contribution in [-0.4, -0.2) is 35.0 Å². The van der Waals surface area contributed by atoms with E-state index in [0.717, 1.165) is 12.1 Å². The molecular formula is C14H21ClN2O3S. The Bertz CT molecular complexity index is 637. The fraction of sp³-hybridized carbons (Fsp3) is 0.714. The van der Waals surface area contributed by atoms with Gasteiger partial charge in [0.1, 0.15) is 5.25 Å². The smallest absolute Gasteiger partial charge is 0.160 e. The summed E-state index contributed by atoms with van der Waals surface area (Å²) in [6.07, 6.45) is 2.61. The molecule has 0 N–H and O–H groups in total. The summed E-state index contributed by atoms with van der Waals surface area (Å²) >= 11 is 6.28. The number of rotatable bonds is 5. The number of carbonyl (C=O) groups is 1. The molecule has 1 aromatic heterocycles. The second kappa shape index (κ2) is 6.48. The summed E-state index contributed by atoms with van der Waals surface area (Å²) in [6, 6.07) is 0. The molecule has 2 rings (SSSR count). The molecule has 0 bridgehead atoms. The highest BCUT2D eigenvalue weighted by Crippen LogP contribution is 2.26. The van der Waals surface area contributed by atoms with Gasteiger partial charge in [0.2, 0.25) is 0 Å². The predicted molar refractivity (Wildman–Crippen MR) is 82.4 cm³/mol. The SMILES string of the molecule is CCc1nn(CC)c(CC(=O)C2CCCCS2(=O)=O)c1Cl. The van der Waals surface area contributed by atoms with Crippen LogP contribution in [0.1, 0.15) is 44.5 Å². The Morgan fingerprint density at radius 2 is 2.10 bits per heavy atom. The van der Waals surface area contributed by atoms with E-state index in [2.05, 4.69) is 5.10 Å². The standard InChI is InChI=1S/C14H21ClN2O3S/c1-3-10-14(15)11(17(4-2)16-10)9-12(18)13-7-5-6-8-21(13,19)20/h13H,3-9H2,1-2H3. The zero-order valence-electron chi connectivity index (χ0n) is 12.4. The van der Waals surface area contributed by atoms with Crippen LogP contribution in [0.25, 0.3) is 0 Å². The van der Waals surface area contributed by atoms with Gasteiger partial charge >= 0.3 is 0 Å². The van der Waals surface area contributed by atoms with Gasteiger partial charge in [-0.25, -0.2) is 8.42 Å². The van der Waals surface area contributed by atoms with E-state index < -0.39 is 15.1 Å². The number of ketones is 1. The van der Waals surface area contributed by atoms with Crippen molar-refractivity contribution in [3.8, 4) is 0 Å². The lowest BCUT2D eigenvalue weighted by Gasteiger charge is -2.21. The molecule has 1 atom stereocenters. The Kier molecular flexibility index (Phi) is 5.09. The number of aromatic nitrogens is 2. The fourth-order valence-corrected chi connectivity index (χ4v) is 5.02. The van der Waals surface area contributed by atoms with Crippen molar-refractivity contribution in [2.24, 2.45) is 0 Å². The first kappa shape index (κ1) is 16.5. The molecule has 1 saturated heterocycles. The second-order valence-electron chi connectivity index (χ2n) is 5.37. The van der Waals surface area contributed by atoms with Gasteiger partial charge < -0.3 is 0 Å². The Morgan fingerprint density at radius 3 is 2.67 bits per heavy atom. The van der Waals surface area contributed by atoms with Crippen molar-refractivity contribution in [1.29, 1.82) is 0 Å². The van der Waals surface area contributed by atoms with E-state index in [-0.39, 0.29) is 18.0 Å². The lowest BCUT2D eigenvalue weighted by molar-refractivity contribution is -0.118. The van der Waals surface area contributed by atoms with Crippen LogP contribution in [0.3, 0.4) is 0 Å². The molecule has 0 saturated carbocycles. The Balaban J connectivity index is 2.25. The molecule has 0 amide bonds. The van der Waals surface area contributed by atoms with Gasteiger partial charge in [0.15, 0.2) is 15.6 Å². The molecule has 7 heteroatoms. The average molecular weight is 333 g/mol. The molecule has 21 heavy (non-hydrogen) atoms. The molecule has 2 heterocycles. The van der Waals surface area contributed by atoms with Crippen molar-refractivity contribution in [2.75, 3.05) is 5.75 Å². The van der Waals surface area contributed by atoms with E-state index in [1.807, 2.05) is 13.8 Å². The highest BCUT2D eigenvalue weighted by molar-refractivity contribution is 7.92. The third-order valence-corrected chi connectivity index (χ3v) is 6.63. The number of aryl methyl sites for hydroxylation is 2. The molecule has 0 aliphatic carbocycles. The summed E-state index contributed by atoms with van der Waals surface area (Å²) < 4.78 is 25.8. The minimum Gasteiger partial charge on any atom is -0.298 e. The van der Waals surface area contributed by atoms with Crippen molar-refractivity contribution in [1.82, 2.24) is 9.78 Å². The van der Waals surface area contributed by atoms with Gasteiger partial charge in [0.25, 0.3) is 0 Å². The zero-order chi connectivity index (χ0) is 15.6. The first-order valence-corrected chi connectivity index (χ1v) is 9.48. The number of hydrogen-bond acceptors (Lipinski definition) is 4. The highest BCUT2D eigenvalue weighted by Gasteiger charge is 2.35. The third-order valence-electron chi connectivity index (χ3n) is 3.97. The Morgan fingerprint density at radius 1 is 1.38 bits per heavy atom. The lowest BCUT2D eigenvalue weighted by Crippen LogP contribution is -2.36. The minimum absolute atomic E-state index is 0.0452. The van der Waals surface area contributed by atoms with Crippen LogP contribution < -0.4 is 0 Å². The molecule has 1 fully saturated rings. The second-order valence-corrected chi connectivity index (χ2v) is 8.05. The van der Waals surface area contributed by atoms with E-state index in [0.29, 0.717) is 36.5 Å². The Labute approximate surface area is 130 Å². The monoisotopic (exact) mass is 332 g/mol. The number of halogens is 1. The molecule has 0 spiro atoms. The predicted octanol–water partition coefficient (Wildman–Crippen LogP) is 2.20. The van der Waals surface area contributed by atoms with Crippen LogP contribution in [0.4, 0.5) is 0 Å². The summed E-state index contributed by atoms with van der Waals surface area (Å²) in [6.45, 7) is 4.49. The van der Waals surface area contributed by atoms with Crippen LogP contribution >= 0.6 is 11.6 Å². The average Bonchev–Trinajstić information content (AvgIpc) is 2.74. The van der Waals surface area contributed by atoms with Gasteiger partial charge in [0.05, 0.1) is 28.6 Å². The number of carbonyl (C=O) groups excluding carboxylic acids is 1. The van der Waals surface area contributed by atoms with Gasteiger partial charge in [-0.3, -0.25) is 9.48 Å². The molecule has 1 aromatic rings. The van der Waals surface area contributed by atoms with Crippen LogP contribution in [-0.2, 0) is 34.0 Å². The first-order chi connectivity index (χ1) is 9.90. The summed E-state index contributed by atoms with van der Waals surface area (Å²) in [5.41, 5.74) is 1.40. The van der Waals surface area contributed by atoms with Crippen molar-refractivity contribution in [3.05, 3.63) is 16.4 Å². The van der Waals surface area contributed by atoms with Crippen LogP contribution in [0.5, 0.6) is 0 Å². The maximum absolute atomic E-state index is 12.4. The number of Topliss-reactive ketones (excluding diaryl/α,β-unsaturated/α-hetero) is 1. The summed E-state index contributed by atoms with van der Waals surface area (Å²) in [4.78, 5) is 12.4. The molecule has 0 radical (unpaired) electrons. The van der Waals surface area contributed by atoms with Crippen LogP contribution in [0.2, 0.25) is 5.02 Å². The number of hydrogen-bond donors (Lipinski definition) is 0. The van der Waals surface area contributed by atoms with E-state index in [9.17, 15) is 13.2 Å². The lowest BCUT2D eigenvalue weighted by atomic mass is 10.1. The molecule has 0 aromatic carbocycles. The van der Waals surface area contributed by atoms with Crippen LogP contribution in [0.15, 0.2) is 0 Å². The fourth-order valence-electron chi connectivity index (χ4n) is 2.78. The quantitative estimate of drug-likeness (QED) is 0.828. The molecular weight excluding hydrogens is 312 g/mol. The molecule has 1 aliphatic heterocycles. The Hall–Kier alpha value is -0.880. The molecule has 1 unspecified atom stereocenters. The third kappa shape index (κ3) is 3.31. The van der Waals surface area contributed by atoms with E-state index in [1.165, 1.54) is 0 Å². The van der Waals surface area contributed by atoms with E-state index >= 15 is 0 Å². The van der Waals surface area contributed by atoms with E-state index in [1.54, 1.807) is 4.68 Å². The number of sulfone groups is 1. The highest BCUT2D eigenvalue weighted by atomic mass is 35.5. The van der Waals surface area contributed by atoms with Gasteiger partial charge in [-0.15, -0.1) is 0 Å². The van der Waals surface area contributed by atoms with Crippen molar-refractivity contribution < 1.29 is 13.2 Å². The first-order valence-electron chi connectivity index (χ1n) is 7.39. The zero-order valence-corrected chi connectivity index (χ0v) is 14.0. The topological polar surface area (TPSA) is 69.0 Å². The maximum atomic E-state index is 12.4. The molecule has 118 valence electrons. The molecule has 5 nitrogen and oxygen atoms in total. The normalized spacial score (nSPS) is 21.4. The van der Waals surface area contributed by atoms with Crippen molar-refractivity contribution in [2.45, 2.75) is 57.7 Å².